The van der Waals surface area contributed by atoms with E-state index in [-0.39, 0.29) is 41.8 Å². The number of rotatable bonds is 11. The van der Waals surface area contributed by atoms with Gasteiger partial charge in [0, 0.05) is 6.42 Å². The van der Waals surface area contributed by atoms with Crippen molar-refractivity contribution in [3.05, 3.63) is 71.8 Å². The van der Waals surface area contributed by atoms with E-state index in [0.717, 1.165) is 11.1 Å². The summed E-state index contributed by atoms with van der Waals surface area (Å²) >= 11 is 0. The van der Waals surface area contributed by atoms with Crippen LogP contribution in [0.1, 0.15) is 44.7 Å². The molecule has 1 heterocycles. The first-order valence-corrected chi connectivity index (χ1v) is 15.7. The van der Waals surface area contributed by atoms with Crippen molar-refractivity contribution >= 4 is 14.3 Å². The second-order valence-electron chi connectivity index (χ2n) is 11.0. The van der Waals surface area contributed by atoms with E-state index in [1.807, 2.05) is 60.7 Å². The largest absolute Gasteiger partial charge is 0.469 e. The number of esters is 1. The Balaban J connectivity index is 1.82. The van der Waals surface area contributed by atoms with E-state index in [2.05, 4.69) is 33.9 Å². The van der Waals surface area contributed by atoms with Crippen LogP contribution in [0, 0.1) is 0 Å². The first-order valence-electron chi connectivity index (χ1n) is 12.8. The molecule has 1 fully saturated rings. The monoisotopic (exact) mass is 514 g/mol. The highest BCUT2D eigenvalue weighted by Crippen LogP contribution is 2.37. The zero-order valence-electron chi connectivity index (χ0n) is 22.6. The van der Waals surface area contributed by atoms with E-state index in [9.17, 15) is 4.79 Å². The summed E-state index contributed by atoms with van der Waals surface area (Å²) in [7, 11) is -0.626. The van der Waals surface area contributed by atoms with Crippen LogP contribution in [0.2, 0.25) is 18.1 Å². The van der Waals surface area contributed by atoms with Crippen LogP contribution in [-0.4, -0.2) is 52.4 Å². The molecular weight excluding hydrogens is 472 g/mol. The number of carbonyl (C=O) groups is 1. The zero-order chi connectivity index (χ0) is 26.2. The molecule has 0 spiro atoms. The summed E-state index contributed by atoms with van der Waals surface area (Å²) in [6.45, 7) is 12.4. The number of hydrogen-bond donors (Lipinski definition) is 0. The normalized spacial score (nSPS) is 22.8. The molecule has 0 amide bonds. The Kier molecular flexibility index (Phi) is 10.3. The summed E-state index contributed by atoms with van der Waals surface area (Å²) in [5, 5.41) is 0.0662. The van der Waals surface area contributed by atoms with E-state index in [1.54, 1.807) is 0 Å². The first kappa shape index (κ1) is 28.5. The minimum atomic E-state index is -2.03. The van der Waals surface area contributed by atoms with E-state index in [0.29, 0.717) is 26.2 Å². The van der Waals surface area contributed by atoms with Gasteiger partial charge in [0.1, 0.15) is 12.2 Å². The Hall–Kier alpha value is -2.03. The lowest BCUT2D eigenvalue weighted by molar-refractivity contribution is -0.217. The smallest absolute Gasteiger partial charge is 0.308 e. The topological polar surface area (TPSA) is 63.2 Å². The summed E-state index contributed by atoms with van der Waals surface area (Å²) in [4.78, 5) is 12.1. The molecule has 1 aliphatic heterocycles. The Bertz CT molecular complexity index is 928. The van der Waals surface area contributed by atoms with Crippen molar-refractivity contribution < 1.29 is 28.2 Å². The van der Waals surface area contributed by atoms with Crippen LogP contribution in [0.4, 0.5) is 0 Å². The summed E-state index contributed by atoms with van der Waals surface area (Å²) in [5.41, 5.74) is 2.17. The van der Waals surface area contributed by atoms with Gasteiger partial charge < -0.3 is 23.4 Å². The summed E-state index contributed by atoms with van der Waals surface area (Å²) < 4.78 is 30.9. The molecule has 0 saturated carbocycles. The molecule has 0 unspecified atom stereocenters. The molecule has 36 heavy (non-hydrogen) atoms. The number of carbonyl (C=O) groups excluding carboxylic acids is 1. The van der Waals surface area contributed by atoms with Gasteiger partial charge in [0.2, 0.25) is 0 Å². The lowest BCUT2D eigenvalue weighted by Gasteiger charge is -2.43. The van der Waals surface area contributed by atoms with Gasteiger partial charge in [0.25, 0.3) is 0 Å². The second-order valence-corrected chi connectivity index (χ2v) is 15.8. The van der Waals surface area contributed by atoms with Crippen LogP contribution >= 0.6 is 0 Å². The molecular formula is C29H42O6Si. The third-order valence-corrected chi connectivity index (χ3v) is 11.7. The predicted octanol–water partition coefficient (Wildman–Crippen LogP) is 5.90. The maximum absolute atomic E-state index is 12.1. The molecule has 0 aliphatic carbocycles. The maximum atomic E-state index is 12.1. The fraction of sp³-hybridized carbons (Fsp3) is 0.552. The molecule has 0 aromatic heterocycles. The molecule has 2 aromatic rings. The van der Waals surface area contributed by atoms with Gasteiger partial charge in [0.05, 0.1) is 45.6 Å². The number of hydrogen-bond acceptors (Lipinski definition) is 6. The molecule has 1 saturated heterocycles. The third kappa shape index (κ3) is 8.25. The van der Waals surface area contributed by atoms with E-state index < -0.39 is 8.32 Å². The molecule has 3 rings (SSSR count). The van der Waals surface area contributed by atoms with Crippen molar-refractivity contribution in [1.82, 2.24) is 0 Å². The Morgan fingerprint density at radius 2 is 1.50 bits per heavy atom. The van der Waals surface area contributed by atoms with Gasteiger partial charge in [-0.05, 0) is 29.3 Å². The van der Waals surface area contributed by atoms with Crippen LogP contribution in [0.25, 0.3) is 0 Å². The van der Waals surface area contributed by atoms with Crippen LogP contribution in [0.15, 0.2) is 60.7 Å². The van der Waals surface area contributed by atoms with Crippen molar-refractivity contribution in [2.45, 2.75) is 89.4 Å². The molecule has 7 heteroatoms. The van der Waals surface area contributed by atoms with Crippen molar-refractivity contribution in [1.29, 1.82) is 0 Å². The lowest BCUT2D eigenvalue weighted by atomic mass is 9.95. The van der Waals surface area contributed by atoms with Crippen LogP contribution in [-0.2, 0) is 41.4 Å². The third-order valence-electron chi connectivity index (χ3n) is 7.22. The molecule has 0 N–H and O–H groups in total. The molecule has 1 aliphatic rings. The van der Waals surface area contributed by atoms with Gasteiger partial charge in [-0.2, -0.15) is 0 Å². The van der Waals surface area contributed by atoms with Gasteiger partial charge in [-0.25, -0.2) is 0 Å². The molecule has 0 radical (unpaired) electrons. The highest BCUT2D eigenvalue weighted by atomic mass is 28.4. The minimum Gasteiger partial charge on any atom is -0.469 e. The highest BCUT2D eigenvalue weighted by molar-refractivity contribution is 6.74. The average Bonchev–Trinajstić information content (AvgIpc) is 2.86. The van der Waals surface area contributed by atoms with E-state index in [4.69, 9.17) is 23.4 Å². The van der Waals surface area contributed by atoms with Crippen LogP contribution in [0.3, 0.4) is 0 Å². The Morgan fingerprint density at radius 1 is 0.944 bits per heavy atom. The summed E-state index contributed by atoms with van der Waals surface area (Å²) in [6.07, 6.45) is -0.588. The number of ether oxygens (including phenoxy) is 4. The van der Waals surface area contributed by atoms with Crippen molar-refractivity contribution in [2.75, 3.05) is 13.7 Å². The summed E-state index contributed by atoms with van der Waals surface area (Å²) in [5.74, 6) is -0.297. The fourth-order valence-electron chi connectivity index (χ4n) is 3.98. The van der Waals surface area contributed by atoms with Gasteiger partial charge in [-0.3, -0.25) is 4.79 Å². The van der Waals surface area contributed by atoms with Crippen LogP contribution in [0.5, 0.6) is 0 Å². The predicted molar refractivity (Wildman–Crippen MR) is 143 cm³/mol. The van der Waals surface area contributed by atoms with Crippen molar-refractivity contribution in [3.63, 3.8) is 0 Å². The Morgan fingerprint density at radius 3 is 2.03 bits per heavy atom. The molecule has 2 aromatic carbocycles. The number of methoxy groups -OCH3 is 1. The molecule has 6 nitrogen and oxygen atoms in total. The lowest BCUT2D eigenvalue weighted by Crippen LogP contribution is -2.54. The van der Waals surface area contributed by atoms with E-state index >= 15 is 0 Å². The SMILES string of the molecule is COC(=O)C[C@@H]1C[C@H](OCc2ccccc2)[C@@H](OCc2ccccc2)[C@H](CO[Si](C)(C)C(C)(C)C)O1. The first-order chi connectivity index (χ1) is 17.1. The quantitative estimate of drug-likeness (QED) is 0.275. The van der Waals surface area contributed by atoms with Crippen molar-refractivity contribution in [2.24, 2.45) is 0 Å². The molecule has 0 bridgehead atoms. The van der Waals surface area contributed by atoms with Crippen molar-refractivity contribution in [3.8, 4) is 0 Å². The molecule has 198 valence electrons. The Labute approximate surface area is 217 Å². The zero-order valence-corrected chi connectivity index (χ0v) is 23.6. The van der Waals surface area contributed by atoms with Crippen LogP contribution < -0.4 is 0 Å². The van der Waals surface area contributed by atoms with Gasteiger partial charge in [-0.1, -0.05) is 81.4 Å². The highest BCUT2D eigenvalue weighted by Gasteiger charge is 2.44. The molecule has 4 atom stereocenters. The maximum Gasteiger partial charge on any atom is 0.308 e. The van der Waals surface area contributed by atoms with Gasteiger partial charge in [0.15, 0.2) is 8.32 Å². The van der Waals surface area contributed by atoms with Gasteiger partial charge in [-0.15, -0.1) is 0 Å². The standard InChI is InChI=1S/C29H42O6Si/c1-29(2,3)36(5,6)34-21-26-28(33-20-23-15-11-8-12-16-23)25(17-24(35-26)18-27(30)31-4)32-19-22-13-9-7-10-14-22/h7-16,24-26,28H,17-21H2,1-6H3/t24-,25-,26-,28+/m0/s1. The number of benzene rings is 2. The summed E-state index contributed by atoms with van der Waals surface area (Å²) in [6, 6.07) is 20.2. The van der Waals surface area contributed by atoms with Gasteiger partial charge >= 0.3 is 5.97 Å². The minimum absolute atomic E-state index is 0.0662. The average molecular weight is 515 g/mol. The second kappa shape index (κ2) is 13.0. The van der Waals surface area contributed by atoms with E-state index in [1.165, 1.54) is 7.11 Å². The fourth-order valence-corrected chi connectivity index (χ4v) is 4.99.